The summed E-state index contributed by atoms with van der Waals surface area (Å²) in [4.78, 5) is 25.2. The molecule has 1 aliphatic rings. The van der Waals surface area contributed by atoms with E-state index in [1.165, 1.54) is 0 Å². The van der Waals surface area contributed by atoms with E-state index < -0.39 is 11.4 Å². The van der Waals surface area contributed by atoms with Crippen LogP contribution in [0.15, 0.2) is 30.3 Å². The molecule has 1 heterocycles. The van der Waals surface area contributed by atoms with Gasteiger partial charge in [0, 0.05) is 19.2 Å². The molecule has 1 aromatic carbocycles. The predicted octanol–water partition coefficient (Wildman–Crippen LogP) is 2.42. The predicted molar refractivity (Wildman–Crippen MR) is 83.6 cm³/mol. The topological polar surface area (TPSA) is 66.8 Å². The van der Waals surface area contributed by atoms with Crippen molar-refractivity contribution in [2.24, 2.45) is 5.41 Å². The first-order valence-electron chi connectivity index (χ1n) is 7.21. The molecule has 0 bridgehead atoms. The fourth-order valence-corrected chi connectivity index (χ4v) is 2.55. The highest BCUT2D eigenvalue weighted by Crippen LogP contribution is 2.30. The van der Waals surface area contributed by atoms with E-state index in [1.54, 1.807) is 25.0 Å². The lowest BCUT2D eigenvalue weighted by atomic mass is 9.90. The van der Waals surface area contributed by atoms with E-state index in [0.29, 0.717) is 13.0 Å². The molecule has 118 valence electrons. The Labute approximate surface area is 130 Å². The van der Waals surface area contributed by atoms with Crippen LogP contribution in [0, 0.1) is 5.41 Å². The number of ether oxygens (including phenoxy) is 1. The van der Waals surface area contributed by atoms with E-state index in [1.807, 2.05) is 31.2 Å². The van der Waals surface area contributed by atoms with Gasteiger partial charge in [0.15, 0.2) is 0 Å². The Bertz CT molecular complexity index is 623. The number of nitrogens with zero attached hydrogens (tertiary/aromatic N) is 1. The van der Waals surface area contributed by atoms with Gasteiger partial charge >= 0.3 is 5.97 Å². The highest BCUT2D eigenvalue weighted by atomic mass is 16.5. The SMILES string of the molecule is COc1cccc(C(C)=CC(=O)N2CCC(C)(C(=O)O)C2)c1. The molecule has 2 rings (SSSR count). The van der Waals surface area contributed by atoms with Crippen molar-refractivity contribution in [2.75, 3.05) is 20.2 Å². The summed E-state index contributed by atoms with van der Waals surface area (Å²) < 4.78 is 5.18. The molecule has 5 nitrogen and oxygen atoms in total. The molecule has 0 radical (unpaired) electrons. The zero-order valence-corrected chi connectivity index (χ0v) is 13.1. The number of carboxylic acid groups (broad SMARTS) is 1. The molecule has 0 saturated carbocycles. The van der Waals surface area contributed by atoms with Crippen molar-refractivity contribution in [3.63, 3.8) is 0 Å². The van der Waals surface area contributed by atoms with E-state index in [4.69, 9.17) is 4.74 Å². The monoisotopic (exact) mass is 303 g/mol. The highest BCUT2D eigenvalue weighted by Gasteiger charge is 2.41. The fourth-order valence-electron chi connectivity index (χ4n) is 2.55. The number of likely N-dealkylation sites (tertiary alicyclic amines) is 1. The molecule has 1 amide bonds. The van der Waals surface area contributed by atoms with Gasteiger partial charge in [0.05, 0.1) is 12.5 Å². The summed E-state index contributed by atoms with van der Waals surface area (Å²) in [5.41, 5.74) is 0.897. The van der Waals surface area contributed by atoms with Crippen molar-refractivity contribution in [3.8, 4) is 5.75 Å². The highest BCUT2D eigenvalue weighted by molar-refractivity contribution is 5.95. The molecule has 1 aromatic rings. The van der Waals surface area contributed by atoms with Gasteiger partial charge in [0.1, 0.15) is 5.75 Å². The number of rotatable bonds is 4. The summed E-state index contributed by atoms with van der Waals surface area (Å²) in [7, 11) is 1.60. The summed E-state index contributed by atoms with van der Waals surface area (Å²) in [6.07, 6.45) is 2.04. The lowest BCUT2D eigenvalue weighted by Gasteiger charge is -2.19. The Morgan fingerprint density at radius 2 is 2.14 bits per heavy atom. The quantitative estimate of drug-likeness (QED) is 0.868. The second-order valence-corrected chi connectivity index (χ2v) is 5.93. The Balaban J connectivity index is 2.12. The zero-order chi connectivity index (χ0) is 16.3. The number of benzene rings is 1. The molecule has 1 aliphatic heterocycles. The van der Waals surface area contributed by atoms with E-state index in [9.17, 15) is 14.7 Å². The van der Waals surface area contributed by atoms with Crippen molar-refractivity contribution in [1.29, 1.82) is 0 Å². The number of aliphatic carboxylic acids is 1. The van der Waals surface area contributed by atoms with E-state index in [2.05, 4.69) is 0 Å². The van der Waals surface area contributed by atoms with Crippen LogP contribution in [0.3, 0.4) is 0 Å². The Hall–Kier alpha value is -2.30. The Kier molecular flexibility index (Phi) is 4.54. The van der Waals surface area contributed by atoms with Crippen LogP contribution in [0.5, 0.6) is 5.75 Å². The van der Waals surface area contributed by atoms with Crippen LogP contribution in [-0.4, -0.2) is 42.1 Å². The smallest absolute Gasteiger partial charge is 0.311 e. The maximum Gasteiger partial charge on any atom is 0.311 e. The summed E-state index contributed by atoms with van der Waals surface area (Å²) >= 11 is 0. The second-order valence-electron chi connectivity index (χ2n) is 5.93. The third-order valence-corrected chi connectivity index (χ3v) is 4.17. The van der Waals surface area contributed by atoms with E-state index >= 15 is 0 Å². The summed E-state index contributed by atoms with van der Waals surface area (Å²) in [5.74, 6) is -0.265. The molecular formula is C17H21NO4. The third kappa shape index (κ3) is 3.30. The molecule has 0 aliphatic carbocycles. The van der Waals surface area contributed by atoms with Gasteiger partial charge in [-0.3, -0.25) is 9.59 Å². The molecule has 0 aromatic heterocycles. The largest absolute Gasteiger partial charge is 0.497 e. The molecule has 1 saturated heterocycles. The van der Waals surface area contributed by atoms with Gasteiger partial charge in [-0.2, -0.15) is 0 Å². The van der Waals surface area contributed by atoms with Gasteiger partial charge in [0.25, 0.3) is 0 Å². The van der Waals surface area contributed by atoms with E-state index in [-0.39, 0.29) is 12.5 Å². The molecule has 1 N–H and O–H groups in total. The summed E-state index contributed by atoms with van der Waals surface area (Å²) in [6.45, 7) is 4.27. The Morgan fingerprint density at radius 3 is 2.73 bits per heavy atom. The number of hydrogen-bond donors (Lipinski definition) is 1. The summed E-state index contributed by atoms with van der Waals surface area (Å²) in [6, 6.07) is 7.49. The van der Waals surface area contributed by atoms with Crippen LogP contribution in [0.2, 0.25) is 0 Å². The van der Waals surface area contributed by atoms with Gasteiger partial charge < -0.3 is 14.7 Å². The molecule has 1 atom stereocenters. The van der Waals surface area contributed by atoms with Crippen LogP contribution in [0.1, 0.15) is 25.8 Å². The van der Waals surface area contributed by atoms with Crippen LogP contribution in [0.4, 0.5) is 0 Å². The number of carbonyl (C=O) groups is 2. The van der Waals surface area contributed by atoms with Gasteiger partial charge in [-0.15, -0.1) is 0 Å². The van der Waals surface area contributed by atoms with E-state index in [0.717, 1.165) is 16.9 Å². The molecule has 1 unspecified atom stereocenters. The number of carbonyl (C=O) groups excluding carboxylic acids is 1. The second kappa shape index (κ2) is 6.22. The first-order chi connectivity index (χ1) is 10.4. The number of hydrogen-bond acceptors (Lipinski definition) is 3. The lowest BCUT2D eigenvalue weighted by molar-refractivity contribution is -0.147. The maximum atomic E-state index is 12.3. The van der Waals surface area contributed by atoms with Crippen molar-refractivity contribution >= 4 is 17.4 Å². The standard InChI is InChI=1S/C17H21NO4/c1-12(13-5-4-6-14(10-13)22-3)9-15(19)18-8-7-17(2,11-18)16(20)21/h4-6,9-10H,7-8,11H2,1-3H3,(H,20,21). The van der Waals surface area contributed by atoms with Gasteiger partial charge in [0.2, 0.25) is 5.91 Å². The number of amides is 1. The average Bonchev–Trinajstić information content (AvgIpc) is 2.91. The molecule has 1 fully saturated rings. The van der Waals surface area contributed by atoms with Crippen LogP contribution < -0.4 is 4.74 Å². The van der Waals surface area contributed by atoms with Gasteiger partial charge in [-0.25, -0.2) is 0 Å². The third-order valence-electron chi connectivity index (χ3n) is 4.17. The maximum absolute atomic E-state index is 12.3. The average molecular weight is 303 g/mol. The Morgan fingerprint density at radius 1 is 1.41 bits per heavy atom. The zero-order valence-electron chi connectivity index (χ0n) is 13.1. The molecule has 0 spiro atoms. The minimum absolute atomic E-state index is 0.148. The normalized spacial score (nSPS) is 21.8. The van der Waals surface area contributed by atoms with Gasteiger partial charge in [-0.1, -0.05) is 12.1 Å². The molecule has 5 heteroatoms. The van der Waals surface area contributed by atoms with Crippen LogP contribution in [0.25, 0.3) is 5.57 Å². The summed E-state index contributed by atoms with van der Waals surface area (Å²) in [5, 5.41) is 9.22. The van der Waals surface area contributed by atoms with Crippen LogP contribution in [-0.2, 0) is 9.59 Å². The van der Waals surface area contributed by atoms with Crippen molar-refractivity contribution in [2.45, 2.75) is 20.3 Å². The van der Waals surface area contributed by atoms with Crippen LogP contribution >= 0.6 is 0 Å². The van der Waals surface area contributed by atoms with Crippen molar-refractivity contribution in [3.05, 3.63) is 35.9 Å². The first kappa shape index (κ1) is 16.1. The van der Waals surface area contributed by atoms with Gasteiger partial charge in [-0.05, 0) is 43.5 Å². The number of methoxy groups -OCH3 is 1. The minimum Gasteiger partial charge on any atom is -0.497 e. The molecular weight excluding hydrogens is 282 g/mol. The fraction of sp³-hybridized carbons (Fsp3) is 0.412. The number of allylic oxidation sites excluding steroid dienone is 1. The lowest BCUT2D eigenvalue weighted by Crippen LogP contribution is -2.34. The van der Waals surface area contributed by atoms with Crippen molar-refractivity contribution < 1.29 is 19.4 Å². The molecule has 22 heavy (non-hydrogen) atoms. The minimum atomic E-state index is -0.851. The first-order valence-corrected chi connectivity index (χ1v) is 7.21. The number of carboxylic acids is 1. The van der Waals surface area contributed by atoms with Crippen molar-refractivity contribution in [1.82, 2.24) is 4.90 Å².